The SMILES string of the molecule is CC(C)C1CCCN1C(CN)c1cccc(Br)c1. The zero-order chi connectivity index (χ0) is 13.1. The Morgan fingerprint density at radius 1 is 1.44 bits per heavy atom. The molecule has 1 aromatic carbocycles. The molecule has 3 heteroatoms. The van der Waals surface area contributed by atoms with Crippen LogP contribution in [0.25, 0.3) is 0 Å². The van der Waals surface area contributed by atoms with Crippen molar-refractivity contribution in [3.63, 3.8) is 0 Å². The van der Waals surface area contributed by atoms with Crippen molar-refractivity contribution in [2.24, 2.45) is 11.7 Å². The average molecular weight is 311 g/mol. The molecule has 0 aromatic heterocycles. The molecule has 2 N–H and O–H groups in total. The van der Waals surface area contributed by atoms with Gasteiger partial charge in [0.05, 0.1) is 0 Å². The Morgan fingerprint density at radius 3 is 2.83 bits per heavy atom. The molecule has 2 rings (SSSR count). The molecule has 2 atom stereocenters. The van der Waals surface area contributed by atoms with Crippen molar-refractivity contribution in [3.05, 3.63) is 34.3 Å². The van der Waals surface area contributed by atoms with Crippen molar-refractivity contribution in [3.8, 4) is 0 Å². The zero-order valence-corrected chi connectivity index (χ0v) is 12.9. The van der Waals surface area contributed by atoms with Crippen LogP contribution in [0.1, 0.15) is 38.3 Å². The molecule has 1 aromatic rings. The summed E-state index contributed by atoms with van der Waals surface area (Å²) in [6.07, 6.45) is 2.61. The van der Waals surface area contributed by atoms with Crippen LogP contribution < -0.4 is 5.73 Å². The van der Waals surface area contributed by atoms with Gasteiger partial charge in [0, 0.05) is 23.1 Å². The summed E-state index contributed by atoms with van der Waals surface area (Å²) in [5.41, 5.74) is 7.37. The number of benzene rings is 1. The molecule has 1 fully saturated rings. The second kappa shape index (κ2) is 6.18. The van der Waals surface area contributed by atoms with Crippen molar-refractivity contribution in [2.75, 3.05) is 13.1 Å². The van der Waals surface area contributed by atoms with Gasteiger partial charge in [-0.05, 0) is 43.0 Å². The van der Waals surface area contributed by atoms with Crippen LogP contribution in [0.2, 0.25) is 0 Å². The van der Waals surface area contributed by atoms with Crippen LogP contribution in [-0.4, -0.2) is 24.0 Å². The van der Waals surface area contributed by atoms with Gasteiger partial charge in [0.2, 0.25) is 0 Å². The quantitative estimate of drug-likeness (QED) is 0.921. The van der Waals surface area contributed by atoms with Crippen molar-refractivity contribution in [1.82, 2.24) is 4.90 Å². The van der Waals surface area contributed by atoms with Crippen LogP contribution in [0.15, 0.2) is 28.7 Å². The van der Waals surface area contributed by atoms with Gasteiger partial charge in [-0.2, -0.15) is 0 Å². The topological polar surface area (TPSA) is 29.3 Å². The molecular formula is C15H23BrN2. The number of hydrogen-bond donors (Lipinski definition) is 1. The Bertz CT molecular complexity index is 392. The molecule has 1 aliphatic heterocycles. The molecule has 0 aliphatic carbocycles. The maximum Gasteiger partial charge on any atom is 0.0473 e. The molecule has 0 bridgehead atoms. The van der Waals surface area contributed by atoms with Gasteiger partial charge >= 0.3 is 0 Å². The number of hydrogen-bond acceptors (Lipinski definition) is 2. The van der Waals surface area contributed by atoms with Crippen LogP contribution in [0.4, 0.5) is 0 Å². The van der Waals surface area contributed by atoms with Crippen molar-refractivity contribution >= 4 is 15.9 Å². The normalized spacial score (nSPS) is 22.6. The van der Waals surface area contributed by atoms with E-state index in [4.69, 9.17) is 5.73 Å². The summed E-state index contributed by atoms with van der Waals surface area (Å²) in [5.74, 6) is 0.703. The third kappa shape index (κ3) is 2.95. The molecule has 100 valence electrons. The first-order valence-corrected chi connectivity index (χ1v) is 7.64. The fourth-order valence-electron chi connectivity index (χ4n) is 3.09. The summed E-state index contributed by atoms with van der Waals surface area (Å²) in [6.45, 7) is 6.51. The third-order valence-electron chi connectivity index (χ3n) is 3.97. The highest BCUT2D eigenvalue weighted by Crippen LogP contribution is 2.33. The number of nitrogens with zero attached hydrogens (tertiary/aromatic N) is 1. The first-order valence-electron chi connectivity index (χ1n) is 6.84. The van der Waals surface area contributed by atoms with E-state index in [0.29, 0.717) is 24.5 Å². The molecule has 0 radical (unpaired) electrons. The molecule has 2 nitrogen and oxygen atoms in total. The maximum atomic E-state index is 6.04. The fourth-order valence-corrected chi connectivity index (χ4v) is 3.51. The van der Waals surface area contributed by atoms with Crippen LogP contribution >= 0.6 is 15.9 Å². The van der Waals surface area contributed by atoms with Crippen LogP contribution in [-0.2, 0) is 0 Å². The van der Waals surface area contributed by atoms with E-state index in [2.05, 4.69) is 58.9 Å². The summed E-state index contributed by atoms with van der Waals surface area (Å²) in [4.78, 5) is 2.60. The van der Waals surface area contributed by atoms with Crippen molar-refractivity contribution in [2.45, 2.75) is 38.8 Å². The van der Waals surface area contributed by atoms with E-state index in [-0.39, 0.29) is 0 Å². The lowest BCUT2D eigenvalue weighted by atomic mass is 9.98. The van der Waals surface area contributed by atoms with Crippen LogP contribution in [0.5, 0.6) is 0 Å². The highest BCUT2D eigenvalue weighted by molar-refractivity contribution is 9.10. The lowest BCUT2D eigenvalue weighted by Crippen LogP contribution is -2.39. The van der Waals surface area contributed by atoms with E-state index >= 15 is 0 Å². The van der Waals surface area contributed by atoms with E-state index in [0.717, 1.165) is 4.47 Å². The van der Waals surface area contributed by atoms with Crippen molar-refractivity contribution < 1.29 is 0 Å². The number of nitrogens with two attached hydrogens (primary N) is 1. The van der Waals surface area contributed by atoms with E-state index in [1.807, 2.05) is 0 Å². The lowest BCUT2D eigenvalue weighted by Gasteiger charge is -2.35. The summed E-state index contributed by atoms with van der Waals surface area (Å²) in [5, 5.41) is 0. The van der Waals surface area contributed by atoms with E-state index in [1.165, 1.54) is 24.9 Å². The smallest absolute Gasteiger partial charge is 0.0473 e. The van der Waals surface area contributed by atoms with Gasteiger partial charge in [-0.15, -0.1) is 0 Å². The zero-order valence-electron chi connectivity index (χ0n) is 11.3. The van der Waals surface area contributed by atoms with Gasteiger partial charge < -0.3 is 5.73 Å². The largest absolute Gasteiger partial charge is 0.329 e. The van der Waals surface area contributed by atoms with Gasteiger partial charge in [0.15, 0.2) is 0 Å². The molecule has 0 amide bonds. The van der Waals surface area contributed by atoms with Crippen LogP contribution in [0, 0.1) is 5.92 Å². The van der Waals surface area contributed by atoms with E-state index < -0.39 is 0 Å². The van der Waals surface area contributed by atoms with E-state index in [1.54, 1.807) is 0 Å². The molecule has 1 saturated heterocycles. The molecule has 2 unspecified atom stereocenters. The van der Waals surface area contributed by atoms with Crippen LogP contribution in [0.3, 0.4) is 0 Å². The number of rotatable bonds is 4. The predicted octanol–water partition coefficient (Wildman–Crippen LogP) is 3.57. The Balaban J connectivity index is 2.23. The lowest BCUT2D eigenvalue weighted by molar-refractivity contribution is 0.149. The number of halogens is 1. The summed E-state index contributed by atoms with van der Waals surface area (Å²) in [6, 6.07) is 9.60. The van der Waals surface area contributed by atoms with Gasteiger partial charge in [0.25, 0.3) is 0 Å². The molecule has 0 spiro atoms. The molecule has 1 heterocycles. The maximum absolute atomic E-state index is 6.04. The molecular weight excluding hydrogens is 288 g/mol. The summed E-state index contributed by atoms with van der Waals surface area (Å²) in [7, 11) is 0. The minimum Gasteiger partial charge on any atom is -0.329 e. The summed E-state index contributed by atoms with van der Waals surface area (Å²) >= 11 is 3.55. The van der Waals surface area contributed by atoms with Gasteiger partial charge in [-0.1, -0.05) is 41.9 Å². The monoisotopic (exact) mass is 310 g/mol. The highest BCUT2D eigenvalue weighted by Gasteiger charge is 2.32. The Hall–Kier alpha value is -0.380. The molecule has 0 saturated carbocycles. The first kappa shape index (κ1) is 14.0. The Labute approximate surface area is 119 Å². The van der Waals surface area contributed by atoms with Gasteiger partial charge in [-0.25, -0.2) is 0 Å². The summed E-state index contributed by atoms with van der Waals surface area (Å²) < 4.78 is 1.14. The van der Waals surface area contributed by atoms with E-state index in [9.17, 15) is 0 Å². The fraction of sp³-hybridized carbons (Fsp3) is 0.600. The minimum atomic E-state index is 0.359. The molecule has 18 heavy (non-hydrogen) atoms. The second-order valence-electron chi connectivity index (χ2n) is 5.50. The van der Waals surface area contributed by atoms with Gasteiger partial charge in [-0.3, -0.25) is 4.90 Å². The third-order valence-corrected chi connectivity index (χ3v) is 4.46. The highest BCUT2D eigenvalue weighted by atomic mass is 79.9. The van der Waals surface area contributed by atoms with Gasteiger partial charge in [0.1, 0.15) is 0 Å². The second-order valence-corrected chi connectivity index (χ2v) is 6.41. The Kier molecular flexibility index (Phi) is 4.82. The minimum absolute atomic E-state index is 0.359. The molecule has 1 aliphatic rings. The van der Waals surface area contributed by atoms with Crippen molar-refractivity contribution in [1.29, 1.82) is 0 Å². The Morgan fingerprint density at radius 2 is 2.22 bits per heavy atom. The average Bonchev–Trinajstić information content (AvgIpc) is 2.79. The number of likely N-dealkylation sites (tertiary alicyclic amines) is 1. The first-order chi connectivity index (χ1) is 8.63. The predicted molar refractivity (Wildman–Crippen MR) is 80.5 cm³/mol. The standard InChI is InChI=1S/C15H23BrN2/c1-11(2)14-7-4-8-18(14)15(10-17)12-5-3-6-13(16)9-12/h3,5-6,9,11,14-15H,4,7-8,10,17H2,1-2H3.